The summed E-state index contributed by atoms with van der Waals surface area (Å²) < 4.78 is 0. The fourth-order valence-electron chi connectivity index (χ4n) is 2.17. The van der Waals surface area contributed by atoms with E-state index in [2.05, 4.69) is 48.2 Å². The molecular formula is C19H15N. The first kappa shape index (κ1) is 12.5. The Kier molecular flexibility index (Phi) is 3.50. The summed E-state index contributed by atoms with van der Waals surface area (Å²) in [6.45, 7) is 0.575. The molecule has 1 nitrogen and oxygen atoms in total. The van der Waals surface area contributed by atoms with Gasteiger partial charge in [-0.2, -0.15) is 0 Å². The zero-order chi connectivity index (χ0) is 13.8. The highest BCUT2D eigenvalue weighted by Crippen LogP contribution is 2.17. The molecule has 0 saturated heterocycles. The van der Waals surface area contributed by atoms with E-state index in [1.54, 1.807) is 0 Å². The average Bonchev–Trinajstić information content (AvgIpc) is 2.53. The van der Waals surface area contributed by atoms with Crippen molar-refractivity contribution in [1.29, 1.82) is 0 Å². The van der Waals surface area contributed by atoms with Gasteiger partial charge in [-0.15, -0.1) is 0 Å². The normalized spacial score (nSPS) is 10.1. The van der Waals surface area contributed by atoms with Gasteiger partial charge in [0.15, 0.2) is 0 Å². The summed E-state index contributed by atoms with van der Waals surface area (Å²) in [5.41, 5.74) is 8.88. The fourth-order valence-corrected chi connectivity index (χ4v) is 2.17. The lowest BCUT2D eigenvalue weighted by molar-refractivity contribution is 1.08. The second-order valence-corrected chi connectivity index (χ2v) is 4.72. The molecule has 0 heterocycles. The van der Waals surface area contributed by atoms with Gasteiger partial charge in [0.2, 0.25) is 0 Å². The molecule has 0 aromatic heterocycles. The molecule has 0 aliphatic heterocycles. The third-order valence-electron chi connectivity index (χ3n) is 3.27. The number of rotatable bonds is 1. The van der Waals surface area contributed by atoms with Crippen molar-refractivity contribution in [2.75, 3.05) is 0 Å². The van der Waals surface area contributed by atoms with Crippen molar-refractivity contribution in [3.05, 3.63) is 83.4 Å². The molecule has 0 fully saturated rings. The summed E-state index contributed by atoms with van der Waals surface area (Å²) in [5.74, 6) is 6.39. The minimum absolute atomic E-state index is 0.575. The molecule has 3 aromatic carbocycles. The lowest BCUT2D eigenvalue weighted by atomic mass is 10.0. The predicted octanol–water partition coefficient (Wildman–Crippen LogP) is 3.70. The van der Waals surface area contributed by atoms with Crippen LogP contribution in [0.5, 0.6) is 0 Å². The summed E-state index contributed by atoms with van der Waals surface area (Å²) in [4.78, 5) is 0. The first-order chi connectivity index (χ1) is 9.85. The minimum Gasteiger partial charge on any atom is -0.326 e. The van der Waals surface area contributed by atoms with Crippen LogP contribution < -0.4 is 5.73 Å². The van der Waals surface area contributed by atoms with Crippen LogP contribution in [0.1, 0.15) is 16.7 Å². The molecule has 0 aliphatic carbocycles. The van der Waals surface area contributed by atoms with Crippen LogP contribution >= 0.6 is 0 Å². The number of hydrogen-bond donors (Lipinski definition) is 1. The number of fused-ring (bicyclic) bond motifs is 1. The Hall–Kier alpha value is -2.56. The van der Waals surface area contributed by atoms with E-state index in [-0.39, 0.29) is 0 Å². The monoisotopic (exact) mass is 257 g/mol. The lowest BCUT2D eigenvalue weighted by Gasteiger charge is -2.01. The maximum atomic E-state index is 5.66. The lowest BCUT2D eigenvalue weighted by Crippen LogP contribution is -1.95. The van der Waals surface area contributed by atoms with Gasteiger partial charge >= 0.3 is 0 Å². The molecule has 0 amide bonds. The van der Waals surface area contributed by atoms with E-state index < -0.39 is 0 Å². The van der Waals surface area contributed by atoms with Crippen LogP contribution in [-0.4, -0.2) is 0 Å². The predicted molar refractivity (Wildman–Crippen MR) is 84.3 cm³/mol. The number of benzene rings is 3. The van der Waals surface area contributed by atoms with Gasteiger partial charge < -0.3 is 5.73 Å². The van der Waals surface area contributed by atoms with E-state index in [9.17, 15) is 0 Å². The fraction of sp³-hybridized carbons (Fsp3) is 0.0526. The molecule has 3 rings (SSSR count). The van der Waals surface area contributed by atoms with E-state index in [1.165, 1.54) is 10.8 Å². The van der Waals surface area contributed by atoms with Crippen LogP contribution in [0.15, 0.2) is 66.7 Å². The van der Waals surface area contributed by atoms with Crippen molar-refractivity contribution in [1.82, 2.24) is 0 Å². The van der Waals surface area contributed by atoms with Gasteiger partial charge in [0.25, 0.3) is 0 Å². The zero-order valence-electron chi connectivity index (χ0n) is 11.1. The summed E-state index contributed by atoms with van der Waals surface area (Å²) in [5, 5.41) is 2.40. The molecule has 0 bridgehead atoms. The second kappa shape index (κ2) is 5.61. The maximum Gasteiger partial charge on any atom is 0.0255 e. The zero-order valence-corrected chi connectivity index (χ0v) is 11.1. The van der Waals surface area contributed by atoms with E-state index >= 15 is 0 Å². The largest absolute Gasteiger partial charge is 0.326 e. The van der Waals surface area contributed by atoms with Crippen molar-refractivity contribution < 1.29 is 0 Å². The Bertz CT molecular complexity index is 792. The maximum absolute atomic E-state index is 5.66. The summed E-state index contributed by atoms with van der Waals surface area (Å²) in [6.07, 6.45) is 0. The first-order valence-electron chi connectivity index (χ1n) is 6.65. The van der Waals surface area contributed by atoms with E-state index in [4.69, 9.17) is 5.73 Å². The molecule has 96 valence electrons. The SMILES string of the molecule is NCc1ccc2cc(C#Cc3ccccc3)ccc2c1. The number of hydrogen-bond acceptors (Lipinski definition) is 1. The third kappa shape index (κ3) is 2.71. The van der Waals surface area contributed by atoms with E-state index in [0.29, 0.717) is 6.54 Å². The van der Waals surface area contributed by atoms with Gasteiger partial charge in [-0.25, -0.2) is 0 Å². The quantitative estimate of drug-likeness (QED) is 0.661. The van der Waals surface area contributed by atoms with Gasteiger partial charge in [0, 0.05) is 17.7 Å². The molecule has 20 heavy (non-hydrogen) atoms. The molecule has 0 radical (unpaired) electrons. The van der Waals surface area contributed by atoms with E-state index in [1.807, 2.05) is 30.3 Å². The second-order valence-electron chi connectivity index (χ2n) is 4.72. The van der Waals surface area contributed by atoms with Gasteiger partial charge in [-0.1, -0.05) is 48.2 Å². The average molecular weight is 257 g/mol. The standard InChI is InChI=1S/C19H15N/c20-14-17-9-11-18-12-16(8-10-19(18)13-17)7-6-15-4-2-1-3-5-15/h1-5,8-13H,14,20H2. The Morgan fingerprint density at radius 3 is 2.20 bits per heavy atom. The highest BCUT2D eigenvalue weighted by Gasteiger charge is 1.96. The van der Waals surface area contributed by atoms with Gasteiger partial charge in [-0.3, -0.25) is 0 Å². The summed E-state index contributed by atoms with van der Waals surface area (Å²) >= 11 is 0. The molecule has 0 unspecified atom stereocenters. The molecule has 0 saturated carbocycles. The Labute approximate surface area is 119 Å². The van der Waals surface area contributed by atoms with Crippen molar-refractivity contribution in [2.45, 2.75) is 6.54 Å². The Balaban J connectivity index is 1.96. The molecule has 0 atom stereocenters. The summed E-state index contributed by atoms with van der Waals surface area (Å²) in [7, 11) is 0. The molecule has 1 heteroatoms. The molecule has 3 aromatic rings. The van der Waals surface area contributed by atoms with Crippen LogP contribution in [0.4, 0.5) is 0 Å². The topological polar surface area (TPSA) is 26.0 Å². The van der Waals surface area contributed by atoms with Gasteiger partial charge in [-0.05, 0) is 46.7 Å². The third-order valence-corrected chi connectivity index (χ3v) is 3.27. The molecule has 2 N–H and O–H groups in total. The van der Waals surface area contributed by atoms with Crippen LogP contribution in [0.2, 0.25) is 0 Å². The van der Waals surface area contributed by atoms with Gasteiger partial charge in [0.1, 0.15) is 0 Å². The minimum atomic E-state index is 0.575. The molecule has 0 spiro atoms. The number of nitrogens with two attached hydrogens (primary N) is 1. The molecular weight excluding hydrogens is 242 g/mol. The van der Waals surface area contributed by atoms with Crippen molar-refractivity contribution in [3.8, 4) is 11.8 Å². The first-order valence-corrected chi connectivity index (χ1v) is 6.65. The highest BCUT2D eigenvalue weighted by atomic mass is 14.5. The van der Waals surface area contributed by atoms with Crippen LogP contribution in [0.3, 0.4) is 0 Å². The molecule has 0 aliphatic rings. The summed E-state index contributed by atoms with van der Waals surface area (Å²) in [6, 6.07) is 22.6. The van der Waals surface area contributed by atoms with Crippen LogP contribution in [-0.2, 0) is 6.54 Å². The van der Waals surface area contributed by atoms with Gasteiger partial charge in [0.05, 0.1) is 0 Å². The smallest absolute Gasteiger partial charge is 0.0255 e. The van der Waals surface area contributed by atoms with Crippen molar-refractivity contribution in [2.24, 2.45) is 5.73 Å². The van der Waals surface area contributed by atoms with E-state index in [0.717, 1.165) is 16.7 Å². The highest BCUT2D eigenvalue weighted by molar-refractivity contribution is 5.84. The van der Waals surface area contributed by atoms with Crippen LogP contribution in [0.25, 0.3) is 10.8 Å². The Morgan fingerprint density at radius 1 is 0.700 bits per heavy atom. The van der Waals surface area contributed by atoms with Crippen molar-refractivity contribution >= 4 is 10.8 Å². The van der Waals surface area contributed by atoms with Crippen LogP contribution in [0, 0.1) is 11.8 Å². The Morgan fingerprint density at radius 2 is 1.40 bits per heavy atom. The van der Waals surface area contributed by atoms with Crippen molar-refractivity contribution in [3.63, 3.8) is 0 Å².